The highest BCUT2D eigenvalue weighted by molar-refractivity contribution is 5.69. The van der Waals surface area contributed by atoms with Gasteiger partial charge in [-0.15, -0.1) is 0 Å². The van der Waals surface area contributed by atoms with E-state index in [2.05, 4.69) is 53.2 Å². The molecule has 0 radical (unpaired) electrons. The Morgan fingerprint density at radius 2 is 1.50 bits per heavy atom. The van der Waals surface area contributed by atoms with Gasteiger partial charge in [0.15, 0.2) is 0 Å². The van der Waals surface area contributed by atoms with Crippen molar-refractivity contribution in [1.82, 2.24) is 9.55 Å². The molecule has 1 aliphatic heterocycles. The number of hydrogen-bond acceptors (Lipinski definition) is 1. The lowest BCUT2D eigenvalue weighted by Crippen LogP contribution is -2.08. The van der Waals surface area contributed by atoms with Crippen molar-refractivity contribution in [3.05, 3.63) is 65.6 Å². The maximum absolute atomic E-state index is 4.83. The molecule has 0 bridgehead atoms. The molecule has 2 aromatic carbocycles. The second-order valence-electron chi connectivity index (χ2n) is 7.11. The summed E-state index contributed by atoms with van der Waals surface area (Å²) < 4.78 is 2.33. The molecule has 0 N–H and O–H groups in total. The Hall–Kier alpha value is -2.35. The largest absolute Gasteiger partial charge is 0.334 e. The molecule has 1 aliphatic carbocycles. The average Bonchev–Trinajstić information content (AvgIpc) is 3.27. The molecule has 2 aliphatic rings. The molecule has 0 unspecified atom stereocenters. The van der Waals surface area contributed by atoms with Crippen LogP contribution in [-0.4, -0.2) is 9.55 Å². The van der Waals surface area contributed by atoms with Crippen LogP contribution in [0.25, 0.3) is 22.4 Å². The Morgan fingerprint density at radius 1 is 0.708 bits per heavy atom. The van der Waals surface area contributed by atoms with Gasteiger partial charge in [-0.3, -0.25) is 0 Å². The van der Waals surface area contributed by atoms with Crippen LogP contribution < -0.4 is 0 Å². The van der Waals surface area contributed by atoms with E-state index in [0.29, 0.717) is 0 Å². The molecule has 0 saturated heterocycles. The Bertz CT molecular complexity index is 863. The Kier molecular flexibility index (Phi) is 3.29. The van der Waals surface area contributed by atoms with Crippen LogP contribution in [0, 0.1) is 0 Å². The summed E-state index contributed by atoms with van der Waals surface area (Å²) in [7, 11) is 0. The van der Waals surface area contributed by atoms with E-state index in [4.69, 9.17) is 4.98 Å². The lowest BCUT2D eigenvalue weighted by atomic mass is 9.99. The van der Waals surface area contributed by atoms with E-state index >= 15 is 0 Å². The van der Waals surface area contributed by atoms with Crippen molar-refractivity contribution >= 4 is 0 Å². The first-order valence-electron chi connectivity index (χ1n) is 9.15. The van der Waals surface area contributed by atoms with Gasteiger partial charge in [-0.25, -0.2) is 4.98 Å². The molecular weight excluding hydrogens is 292 g/mol. The molecule has 24 heavy (non-hydrogen) atoms. The molecule has 0 fully saturated rings. The number of aryl methyl sites for hydroxylation is 4. The van der Waals surface area contributed by atoms with Gasteiger partial charge in [0.05, 0.1) is 5.69 Å². The maximum Gasteiger partial charge on any atom is 0.109 e. The highest BCUT2D eigenvalue weighted by Gasteiger charge is 2.14. The zero-order valence-corrected chi connectivity index (χ0v) is 14.0. The van der Waals surface area contributed by atoms with Crippen molar-refractivity contribution in [2.45, 2.75) is 45.1 Å². The molecule has 2 heterocycles. The lowest BCUT2D eigenvalue weighted by Gasteiger charge is -2.11. The third kappa shape index (κ3) is 2.37. The number of imidazole rings is 1. The quantitative estimate of drug-likeness (QED) is 0.648. The van der Waals surface area contributed by atoms with E-state index in [1.54, 1.807) is 11.1 Å². The Morgan fingerprint density at radius 3 is 2.38 bits per heavy atom. The van der Waals surface area contributed by atoms with Gasteiger partial charge in [-0.1, -0.05) is 42.5 Å². The van der Waals surface area contributed by atoms with Gasteiger partial charge in [0.1, 0.15) is 5.82 Å². The summed E-state index contributed by atoms with van der Waals surface area (Å²) in [5, 5.41) is 0. The summed E-state index contributed by atoms with van der Waals surface area (Å²) in [5.41, 5.74) is 8.07. The summed E-state index contributed by atoms with van der Waals surface area (Å²) in [6, 6.07) is 15.9. The molecule has 1 aromatic heterocycles. The zero-order valence-electron chi connectivity index (χ0n) is 14.0. The highest BCUT2D eigenvalue weighted by atomic mass is 15.1. The molecule has 3 aromatic rings. The van der Waals surface area contributed by atoms with E-state index in [-0.39, 0.29) is 0 Å². The van der Waals surface area contributed by atoms with Crippen molar-refractivity contribution in [3.8, 4) is 22.4 Å². The number of aromatic nitrogens is 2. The van der Waals surface area contributed by atoms with Crippen molar-refractivity contribution in [1.29, 1.82) is 0 Å². The van der Waals surface area contributed by atoms with Crippen LogP contribution >= 0.6 is 0 Å². The van der Waals surface area contributed by atoms with Crippen LogP contribution in [-0.2, 0) is 25.8 Å². The normalized spacial score (nSPS) is 16.0. The Balaban J connectivity index is 1.45. The van der Waals surface area contributed by atoms with Gasteiger partial charge < -0.3 is 4.57 Å². The summed E-state index contributed by atoms with van der Waals surface area (Å²) >= 11 is 0. The van der Waals surface area contributed by atoms with Crippen molar-refractivity contribution in [2.24, 2.45) is 0 Å². The molecule has 0 spiro atoms. The fourth-order valence-corrected chi connectivity index (χ4v) is 4.14. The van der Waals surface area contributed by atoms with Crippen LogP contribution in [0.15, 0.2) is 48.7 Å². The average molecular weight is 314 g/mol. The van der Waals surface area contributed by atoms with Gasteiger partial charge in [-0.05, 0) is 54.4 Å². The maximum atomic E-state index is 4.83. The summed E-state index contributed by atoms with van der Waals surface area (Å²) in [6.45, 7) is 1.12. The van der Waals surface area contributed by atoms with E-state index in [9.17, 15) is 0 Å². The van der Waals surface area contributed by atoms with Crippen LogP contribution in [0.3, 0.4) is 0 Å². The molecule has 0 saturated carbocycles. The standard InChI is InChI=1S/C22H22N2/c1-2-13-24-15-21(23-22(24)6-1)18-10-7-17(8-11-18)20-12-9-16-4-3-5-19(16)14-20/h7-12,14-15H,1-6,13H2. The van der Waals surface area contributed by atoms with Gasteiger partial charge in [0.25, 0.3) is 0 Å². The predicted octanol–water partition coefficient (Wildman–Crippen LogP) is 5.04. The van der Waals surface area contributed by atoms with Crippen LogP contribution in [0.5, 0.6) is 0 Å². The van der Waals surface area contributed by atoms with Crippen LogP contribution in [0.1, 0.15) is 36.2 Å². The first kappa shape index (κ1) is 14.0. The number of rotatable bonds is 2. The van der Waals surface area contributed by atoms with Crippen molar-refractivity contribution in [2.75, 3.05) is 0 Å². The SMILES string of the molecule is c1cc(-c2cn3c(n2)CCCC3)ccc1-c1ccc2c(c1)CCC2. The van der Waals surface area contributed by atoms with E-state index in [1.807, 2.05) is 0 Å². The van der Waals surface area contributed by atoms with Crippen molar-refractivity contribution in [3.63, 3.8) is 0 Å². The molecule has 2 nitrogen and oxygen atoms in total. The fourth-order valence-electron chi connectivity index (χ4n) is 4.14. The second-order valence-corrected chi connectivity index (χ2v) is 7.11. The zero-order chi connectivity index (χ0) is 15.9. The molecule has 5 rings (SSSR count). The molecule has 2 heteroatoms. The third-order valence-electron chi connectivity index (χ3n) is 5.52. The number of fused-ring (bicyclic) bond motifs is 2. The first-order valence-corrected chi connectivity index (χ1v) is 9.15. The topological polar surface area (TPSA) is 17.8 Å². The van der Waals surface area contributed by atoms with E-state index in [0.717, 1.165) is 18.7 Å². The predicted molar refractivity (Wildman–Crippen MR) is 98.1 cm³/mol. The Labute approximate surface area is 143 Å². The number of benzene rings is 2. The minimum atomic E-state index is 1.12. The second kappa shape index (κ2) is 5.62. The molecule has 0 atom stereocenters. The van der Waals surface area contributed by atoms with Gasteiger partial charge in [0.2, 0.25) is 0 Å². The monoisotopic (exact) mass is 314 g/mol. The molecule has 120 valence electrons. The fraction of sp³-hybridized carbons (Fsp3) is 0.318. The van der Waals surface area contributed by atoms with Gasteiger partial charge >= 0.3 is 0 Å². The van der Waals surface area contributed by atoms with Crippen LogP contribution in [0.4, 0.5) is 0 Å². The minimum absolute atomic E-state index is 1.12. The third-order valence-corrected chi connectivity index (χ3v) is 5.52. The van der Waals surface area contributed by atoms with E-state index in [1.165, 1.54) is 54.6 Å². The minimum Gasteiger partial charge on any atom is -0.334 e. The summed E-state index contributed by atoms with van der Waals surface area (Å²) in [6.07, 6.45) is 9.68. The van der Waals surface area contributed by atoms with Gasteiger partial charge in [-0.2, -0.15) is 0 Å². The molecule has 0 amide bonds. The number of nitrogens with zero attached hydrogens (tertiary/aromatic N) is 2. The van der Waals surface area contributed by atoms with Crippen LogP contribution in [0.2, 0.25) is 0 Å². The molecular formula is C22H22N2. The van der Waals surface area contributed by atoms with Crippen molar-refractivity contribution < 1.29 is 0 Å². The lowest BCUT2D eigenvalue weighted by molar-refractivity contribution is 0.522. The number of hydrogen-bond donors (Lipinski definition) is 0. The highest BCUT2D eigenvalue weighted by Crippen LogP contribution is 2.30. The smallest absolute Gasteiger partial charge is 0.109 e. The summed E-state index contributed by atoms with van der Waals surface area (Å²) in [5.74, 6) is 1.25. The first-order chi connectivity index (χ1) is 11.9. The van der Waals surface area contributed by atoms with E-state index < -0.39 is 0 Å². The summed E-state index contributed by atoms with van der Waals surface area (Å²) in [4.78, 5) is 4.83. The van der Waals surface area contributed by atoms with Gasteiger partial charge in [0, 0.05) is 24.7 Å².